The van der Waals surface area contributed by atoms with Gasteiger partial charge >= 0.3 is 18.3 Å². The number of hydrogen-bond acceptors (Lipinski definition) is 0. The molecule has 0 aliphatic carbocycles. The maximum absolute atomic E-state index is 11.9. The standard InChI is InChI=1S/C5H3F7/c6-2-1-4(9,10)5(11,12)3(7)8/h1-3H. The minimum Gasteiger partial charge on any atom is -0.216 e. The fourth-order valence-electron chi connectivity index (χ4n) is 0.336. The predicted molar refractivity (Wildman–Crippen MR) is 26.1 cm³/mol. The summed E-state index contributed by atoms with van der Waals surface area (Å²) < 4.78 is 80.9. The summed E-state index contributed by atoms with van der Waals surface area (Å²) in [5.41, 5.74) is 0. The molecule has 0 radical (unpaired) electrons. The van der Waals surface area contributed by atoms with Gasteiger partial charge in [0.15, 0.2) is 0 Å². The Kier molecular flexibility index (Phi) is 3.11. The van der Waals surface area contributed by atoms with Crippen molar-refractivity contribution < 1.29 is 30.7 Å². The normalized spacial score (nSPS) is 14.7. The summed E-state index contributed by atoms with van der Waals surface area (Å²) in [5, 5.41) is 0. The molecule has 0 aromatic rings. The Morgan fingerprint density at radius 1 is 1.00 bits per heavy atom. The van der Waals surface area contributed by atoms with Gasteiger partial charge in [-0.3, -0.25) is 0 Å². The first-order chi connectivity index (χ1) is 5.25. The van der Waals surface area contributed by atoms with Crippen molar-refractivity contribution in [3.8, 4) is 0 Å². The highest BCUT2D eigenvalue weighted by molar-refractivity contribution is 5.01. The lowest BCUT2D eigenvalue weighted by Crippen LogP contribution is -2.44. The highest BCUT2D eigenvalue weighted by Gasteiger charge is 2.61. The van der Waals surface area contributed by atoms with Crippen LogP contribution in [-0.2, 0) is 0 Å². The largest absolute Gasteiger partial charge is 0.373 e. The average Bonchev–Trinajstić information content (AvgIpc) is 1.86. The summed E-state index contributed by atoms with van der Waals surface area (Å²) >= 11 is 0. The van der Waals surface area contributed by atoms with E-state index in [1.165, 1.54) is 0 Å². The SMILES string of the molecule is FC=CC(F)(F)C(F)(F)C(F)F. The molecular weight excluding hydrogens is 193 g/mol. The van der Waals surface area contributed by atoms with Crippen LogP contribution in [0, 0.1) is 0 Å². The van der Waals surface area contributed by atoms with Crippen LogP contribution in [-0.4, -0.2) is 18.3 Å². The Morgan fingerprint density at radius 2 is 1.42 bits per heavy atom. The van der Waals surface area contributed by atoms with Crippen LogP contribution in [0.2, 0.25) is 0 Å². The van der Waals surface area contributed by atoms with Gasteiger partial charge in [0.1, 0.15) is 0 Å². The van der Waals surface area contributed by atoms with Gasteiger partial charge in [-0.1, -0.05) is 0 Å². The first-order valence-electron chi connectivity index (χ1n) is 2.57. The molecular formula is C5H3F7. The average molecular weight is 196 g/mol. The maximum Gasteiger partial charge on any atom is 0.373 e. The third-order valence-electron chi connectivity index (χ3n) is 0.991. The minimum absolute atomic E-state index is 0.906. The highest BCUT2D eigenvalue weighted by Crippen LogP contribution is 2.39. The third-order valence-corrected chi connectivity index (χ3v) is 0.991. The Morgan fingerprint density at radius 3 is 1.67 bits per heavy atom. The summed E-state index contributed by atoms with van der Waals surface area (Å²) in [6.07, 6.45) is -6.36. The van der Waals surface area contributed by atoms with Gasteiger partial charge in [-0.25, -0.2) is 13.2 Å². The lowest BCUT2D eigenvalue weighted by atomic mass is 10.2. The zero-order valence-corrected chi connectivity index (χ0v) is 5.38. The maximum atomic E-state index is 11.9. The highest BCUT2D eigenvalue weighted by atomic mass is 19.3. The number of rotatable bonds is 3. The molecule has 0 saturated carbocycles. The molecule has 0 saturated heterocycles. The minimum atomic E-state index is -5.55. The van der Waals surface area contributed by atoms with Gasteiger partial charge in [-0.2, -0.15) is 17.6 Å². The summed E-state index contributed by atoms with van der Waals surface area (Å²) in [4.78, 5) is 0. The van der Waals surface area contributed by atoms with E-state index in [2.05, 4.69) is 0 Å². The molecule has 0 aromatic heterocycles. The number of halogens is 7. The Hall–Kier alpha value is -0.750. The van der Waals surface area contributed by atoms with Crippen molar-refractivity contribution in [2.45, 2.75) is 18.3 Å². The van der Waals surface area contributed by atoms with E-state index < -0.39 is 30.7 Å². The van der Waals surface area contributed by atoms with Crippen LogP contribution in [0.15, 0.2) is 12.4 Å². The predicted octanol–water partition coefficient (Wildman–Crippen LogP) is 3.01. The monoisotopic (exact) mass is 196 g/mol. The van der Waals surface area contributed by atoms with E-state index in [4.69, 9.17) is 0 Å². The lowest BCUT2D eigenvalue weighted by Gasteiger charge is -2.22. The fraction of sp³-hybridized carbons (Fsp3) is 0.600. The van der Waals surface area contributed by atoms with Gasteiger partial charge in [0.25, 0.3) is 0 Å². The van der Waals surface area contributed by atoms with Gasteiger partial charge in [-0.15, -0.1) is 0 Å². The molecule has 0 nitrogen and oxygen atoms in total. The Balaban J connectivity index is 4.74. The molecule has 0 heterocycles. The van der Waals surface area contributed by atoms with Crippen LogP contribution in [0.4, 0.5) is 30.7 Å². The van der Waals surface area contributed by atoms with Crippen LogP contribution < -0.4 is 0 Å². The second kappa shape index (κ2) is 3.32. The molecule has 0 aliphatic rings. The van der Waals surface area contributed by atoms with Crippen molar-refractivity contribution >= 4 is 0 Å². The number of allylic oxidation sites excluding steroid dienone is 1. The topological polar surface area (TPSA) is 0 Å². The van der Waals surface area contributed by atoms with E-state index in [-0.39, 0.29) is 0 Å². The van der Waals surface area contributed by atoms with Gasteiger partial charge in [0, 0.05) is 6.08 Å². The lowest BCUT2D eigenvalue weighted by molar-refractivity contribution is -0.242. The van der Waals surface area contributed by atoms with Gasteiger partial charge in [0.05, 0.1) is 6.33 Å². The van der Waals surface area contributed by atoms with E-state index >= 15 is 0 Å². The third kappa shape index (κ3) is 1.89. The van der Waals surface area contributed by atoms with Gasteiger partial charge in [0.2, 0.25) is 0 Å². The van der Waals surface area contributed by atoms with E-state index in [9.17, 15) is 30.7 Å². The molecule has 72 valence electrons. The fourth-order valence-corrected chi connectivity index (χ4v) is 0.336. The molecule has 0 spiro atoms. The first-order valence-corrected chi connectivity index (χ1v) is 2.57. The van der Waals surface area contributed by atoms with Gasteiger partial charge in [-0.05, 0) is 0 Å². The molecule has 12 heavy (non-hydrogen) atoms. The molecule has 0 bridgehead atoms. The van der Waals surface area contributed by atoms with E-state index in [1.54, 1.807) is 0 Å². The Labute approximate surface area is 62.7 Å². The summed E-state index contributed by atoms with van der Waals surface area (Å²) in [5.74, 6) is -10.7. The summed E-state index contributed by atoms with van der Waals surface area (Å²) in [6.45, 7) is 0. The molecule has 0 aliphatic heterocycles. The van der Waals surface area contributed by atoms with Crippen LogP contribution in [0.3, 0.4) is 0 Å². The van der Waals surface area contributed by atoms with Crippen molar-refractivity contribution in [2.24, 2.45) is 0 Å². The van der Waals surface area contributed by atoms with Crippen LogP contribution in [0.5, 0.6) is 0 Å². The molecule has 0 unspecified atom stereocenters. The first kappa shape index (κ1) is 11.2. The smallest absolute Gasteiger partial charge is 0.216 e. The second-order valence-corrected chi connectivity index (χ2v) is 1.84. The molecule has 0 N–H and O–H groups in total. The molecule has 0 rings (SSSR count). The van der Waals surface area contributed by atoms with E-state index in [0.29, 0.717) is 0 Å². The van der Waals surface area contributed by atoms with E-state index in [1.807, 2.05) is 0 Å². The van der Waals surface area contributed by atoms with E-state index in [0.717, 1.165) is 0 Å². The zero-order valence-electron chi connectivity index (χ0n) is 5.38. The van der Waals surface area contributed by atoms with Crippen LogP contribution >= 0.6 is 0 Å². The quantitative estimate of drug-likeness (QED) is 0.608. The molecule has 7 heteroatoms. The van der Waals surface area contributed by atoms with Crippen molar-refractivity contribution in [1.82, 2.24) is 0 Å². The zero-order chi connectivity index (χ0) is 9.99. The van der Waals surface area contributed by atoms with Crippen LogP contribution in [0.25, 0.3) is 0 Å². The molecule has 0 fully saturated rings. The van der Waals surface area contributed by atoms with Crippen molar-refractivity contribution in [2.75, 3.05) is 0 Å². The van der Waals surface area contributed by atoms with Gasteiger partial charge < -0.3 is 0 Å². The molecule has 0 atom stereocenters. The van der Waals surface area contributed by atoms with Crippen molar-refractivity contribution in [1.29, 1.82) is 0 Å². The number of hydrogen-bond donors (Lipinski definition) is 0. The summed E-state index contributed by atoms with van der Waals surface area (Å²) in [6, 6.07) is 0. The summed E-state index contributed by atoms with van der Waals surface area (Å²) in [7, 11) is 0. The molecule has 0 amide bonds. The number of alkyl halides is 6. The van der Waals surface area contributed by atoms with Crippen molar-refractivity contribution in [3.63, 3.8) is 0 Å². The molecule has 0 aromatic carbocycles. The van der Waals surface area contributed by atoms with Crippen molar-refractivity contribution in [3.05, 3.63) is 12.4 Å². The second-order valence-electron chi connectivity index (χ2n) is 1.84. The van der Waals surface area contributed by atoms with Crippen LogP contribution in [0.1, 0.15) is 0 Å². The Bertz CT molecular complexity index is 171.